The molecule has 0 saturated carbocycles. The highest BCUT2D eigenvalue weighted by molar-refractivity contribution is 5.93. The Morgan fingerprint density at radius 3 is 2.60 bits per heavy atom. The highest BCUT2D eigenvalue weighted by atomic mass is 16.5. The third-order valence-corrected chi connectivity index (χ3v) is 2.63. The largest absolute Gasteiger partial charge is 0.478 e. The molecule has 0 saturated heterocycles. The lowest BCUT2D eigenvalue weighted by Crippen LogP contribution is -2.10. The third kappa shape index (κ3) is 2.92. The molecule has 0 spiro atoms. The fraction of sp³-hybridized carbons (Fsp3) is 0.0714. The zero-order valence-corrected chi connectivity index (χ0v) is 10.7. The summed E-state index contributed by atoms with van der Waals surface area (Å²) in [5, 5.41) is 8.91. The van der Waals surface area contributed by atoms with Gasteiger partial charge >= 0.3 is 5.97 Å². The molecule has 0 aliphatic heterocycles. The number of carboxylic acid groups (broad SMARTS) is 1. The van der Waals surface area contributed by atoms with Crippen molar-refractivity contribution in [2.75, 3.05) is 0 Å². The molecular weight excluding hydrogens is 260 g/mol. The summed E-state index contributed by atoms with van der Waals surface area (Å²) in [5.74, 6) is -0.955. The zero-order chi connectivity index (χ0) is 14.7. The van der Waals surface area contributed by atoms with E-state index >= 15 is 0 Å². The fourth-order valence-corrected chi connectivity index (χ4v) is 1.65. The van der Waals surface area contributed by atoms with E-state index in [9.17, 15) is 9.59 Å². The molecule has 0 aliphatic rings. The number of pyridine rings is 1. The van der Waals surface area contributed by atoms with Crippen LogP contribution in [0.2, 0.25) is 0 Å². The van der Waals surface area contributed by atoms with Gasteiger partial charge in [-0.3, -0.25) is 4.79 Å². The number of aryl methyl sites for hydroxylation is 1. The first-order valence-electron chi connectivity index (χ1n) is 5.76. The van der Waals surface area contributed by atoms with Crippen molar-refractivity contribution in [2.24, 2.45) is 5.73 Å². The Bertz CT molecular complexity index is 683. The maximum absolute atomic E-state index is 11.1. The Morgan fingerprint density at radius 1 is 1.25 bits per heavy atom. The smallest absolute Gasteiger partial charge is 0.337 e. The van der Waals surface area contributed by atoms with Gasteiger partial charge in [0.2, 0.25) is 11.8 Å². The summed E-state index contributed by atoms with van der Waals surface area (Å²) in [5.41, 5.74) is 5.96. The molecule has 6 nitrogen and oxygen atoms in total. The van der Waals surface area contributed by atoms with E-state index in [1.807, 2.05) is 0 Å². The number of ether oxygens (including phenoxy) is 1. The molecule has 2 aromatic rings. The highest BCUT2D eigenvalue weighted by Crippen LogP contribution is 2.21. The quantitative estimate of drug-likeness (QED) is 0.885. The summed E-state index contributed by atoms with van der Waals surface area (Å²) in [6, 6.07) is 9.21. The SMILES string of the molecule is Cc1nc(Oc2cccc(C(N)=O)c2)ccc1C(=O)O. The Balaban J connectivity index is 2.26. The Morgan fingerprint density at radius 2 is 2.00 bits per heavy atom. The van der Waals surface area contributed by atoms with Crippen molar-refractivity contribution in [1.29, 1.82) is 0 Å². The van der Waals surface area contributed by atoms with Crippen LogP contribution in [-0.2, 0) is 0 Å². The fourth-order valence-electron chi connectivity index (χ4n) is 1.65. The maximum Gasteiger partial charge on any atom is 0.337 e. The summed E-state index contributed by atoms with van der Waals surface area (Å²) >= 11 is 0. The second kappa shape index (κ2) is 5.40. The molecule has 1 amide bonds. The number of carboxylic acids is 1. The van der Waals surface area contributed by atoms with Crippen molar-refractivity contribution in [3.8, 4) is 11.6 Å². The van der Waals surface area contributed by atoms with Gasteiger partial charge in [-0.05, 0) is 31.2 Å². The lowest BCUT2D eigenvalue weighted by Gasteiger charge is -2.07. The zero-order valence-electron chi connectivity index (χ0n) is 10.7. The Hall–Kier alpha value is -2.89. The van der Waals surface area contributed by atoms with Crippen LogP contribution in [0.1, 0.15) is 26.4 Å². The molecule has 0 aliphatic carbocycles. The molecule has 2 rings (SSSR count). The number of amides is 1. The van der Waals surface area contributed by atoms with Crippen LogP contribution in [0.3, 0.4) is 0 Å². The third-order valence-electron chi connectivity index (χ3n) is 2.63. The summed E-state index contributed by atoms with van der Waals surface area (Å²) in [6.45, 7) is 1.58. The number of benzene rings is 1. The average molecular weight is 272 g/mol. The summed E-state index contributed by atoms with van der Waals surface area (Å²) in [6.07, 6.45) is 0. The molecule has 0 bridgehead atoms. The van der Waals surface area contributed by atoms with E-state index in [1.54, 1.807) is 25.1 Å². The summed E-state index contributed by atoms with van der Waals surface area (Å²) in [4.78, 5) is 26.0. The van der Waals surface area contributed by atoms with E-state index in [2.05, 4.69) is 4.98 Å². The minimum absolute atomic E-state index is 0.114. The van der Waals surface area contributed by atoms with Crippen molar-refractivity contribution in [3.05, 3.63) is 53.2 Å². The number of nitrogens with zero attached hydrogens (tertiary/aromatic N) is 1. The predicted octanol–water partition coefficient (Wildman–Crippen LogP) is 1.98. The maximum atomic E-state index is 11.1. The topological polar surface area (TPSA) is 103 Å². The average Bonchev–Trinajstić information content (AvgIpc) is 2.38. The van der Waals surface area contributed by atoms with Crippen LogP contribution in [0.25, 0.3) is 0 Å². The monoisotopic (exact) mass is 272 g/mol. The van der Waals surface area contributed by atoms with Crippen molar-refractivity contribution in [1.82, 2.24) is 4.98 Å². The van der Waals surface area contributed by atoms with Gasteiger partial charge in [0.05, 0.1) is 11.3 Å². The number of primary amides is 1. The minimum Gasteiger partial charge on any atom is -0.478 e. The number of aromatic nitrogens is 1. The molecule has 20 heavy (non-hydrogen) atoms. The van der Waals surface area contributed by atoms with Gasteiger partial charge in [0, 0.05) is 11.6 Å². The van der Waals surface area contributed by atoms with Gasteiger partial charge in [-0.1, -0.05) is 6.07 Å². The molecule has 3 N–H and O–H groups in total. The molecule has 0 unspecified atom stereocenters. The second-order valence-corrected chi connectivity index (χ2v) is 4.08. The number of carbonyl (C=O) groups is 2. The van der Waals surface area contributed by atoms with Crippen LogP contribution in [0, 0.1) is 6.92 Å². The van der Waals surface area contributed by atoms with Crippen LogP contribution in [0.4, 0.5) is 0 Å². The molecule has 1 aromatic carbocycles. The van der Waals surface area contributed by atoms with Gasteiger partial charge in [-0.2, -0.15) is 0 Å². The highest BCUT2D eigenvalue weighted by Gasteiger charge is 2.10. The van der Waals surface area contributed by atoms with Crippen LogP contribution >= 0.6 is 0 Å². The number of rotatable bonds is 4. The summed E-state index contributed by atoms with van der Waals surface area (Å²) in [7, 11) is 0. The standard InChI is InChI=1S/C14H12N2O4/c1-8-11(14(18)19)5-6-12(16-8)20-10-4-2-3-9(7-10)13(15)17/h2-7H,1H3,(H2,15,17)(H,18,19). The Labute approximate surface area is 114 Å². The van der Waals surface area contributed by atoms with Gasteiger partial charge < -0.3 is 15.6 Å². The van der Waals surface area contributed by atoms with Gasteiger partial charge in [0.1, 0.15) is 5.75 Å². The summed E-state index contributed by atoms with van der Waals surface area (Å²) < 4.78 is 5.47. The van der Waals surface area contributed by atoms with Crippen LogP contribution in [-0.4, -0.2) is 22.0 Å². The molecule has 1 aromatic heterocycles. The van der Waals surface area contributed by atoms with Crippen molar-refractivity contribution >= 4 is 11.9 Å². The Kier molecular flexibility index (Phi) is 3.65. The van der Waals surface area contributed by atoms with Crippen molar-refractivity contribution < 1.29 is 19.4 Å². The first-order valence-corrected chi connectivity index (χ1v) is 5.76. The van der Waals surface area contributed by atoms with Crippen molar-refractivity contribution in [3.63, 3.8) is 0 Å². The van der Waals surface area contributed by atoms with Crippen LogP contribution in [0.5, 0.6) is 11.6 Å². The number of carbonyl (C=O) groups excluding carboxylic acids is 1. The van der Waals surface area contributed by atoms with Gasteiger partial charge in [-0.25, -0.2) is 9.78 Å². The van der Waals surface area contributed by atoms with Crippen LogP contribution < -0.4 is 10.5 Å². The molecule has 1 heterocycles. The second-order valence-electron chi connectivity index (χ2n) is 4.08. The molecule has 0 radical (unpaired) electrons. The lowest BCUT2D eigenvalue weighted by molar-refractivity contribution is 0.0695. The van der Waals surface area contributed by atoms with E-state index in [1.165, 1.54) is 18.2 Å². The van der Waals surface area contributed by atoms with E-state index < -0.39 is 11.9 Å². The van der Waals surface area contributed by atoms with E-state index in [0.29, 0.717) is 17.0 Å². The predicted molar refractivity (Wildman–Crippen MR) is 71.0 cm³/mol. The molecular formula is C14H12N2O4. The molecule has 0 atom stereocenters. The van der Waals surface area contributed by atoms with Gasteiger partial charge in [-0.15, -0.1) is 0 Å². The van der Waals surface area contributed by atoms with Gasteiger partial charge in [0.15, 0.2) is 0 Å². The lowest BCUT2D eigenvalue weighted by atomic mass is 10.2. The molecule has 6 heteroatoms. The molecule has 0 fully saturated rings. The van der Waals surface area contributed by atoms with Gasteiger partial charge in [0.25, 0.3) is 0 Å². The van der Waals surface area contributed by atoms with E-state index in [0.717, 1.165) is 0 Å². The number of hydrogen-bond acceptors (Lipinski definition) is 4. The first-order chi connectivity index (χ1) is 9.47. The van der Waals surface area contributed by atoms with E-state index in [-0.39, 0.29) is 11.4 Å². The van der Waals surface area contributed by atoms with Crippen LogP contribution in [0.15, 0.2) is 36.4 Å². The normalized spacial score (nSPS) is 10.1. The number of nitrogens with two attached hydrogens (primary N) is 1. The first kappa shape index (κ1) is 13.5. The molecule has 102 valence electrons. The minimum atomic E-state index is -1.04. The van der Waals surface area contributed by atoms with Crippen molar-refractivity contribution in [2.45, 2.75) is 6.92 Å². The number of aromatic carboxylic acids is 1. The number of hydrogen-bond donors (Lipinski definition) is 2. The van der Waals surface area contributed by atoms with E-state index in [4.69, 9.17) is 15.6 Å².